The van der Waals surface area contributed by atoms with Crippen LogP contribution < -0.4 is 9.47 Å². The standard InChI is InChI=1S/C22H31NO6/c1-22(2,3)29-21(25)23-9-7-15(8-10-23)13-27-17-5-6-18-16(11-20(24)26-4)14-28-19(18)12-17/h5-6,12,15-16H,7-11,13-14H2,1-4H3. The minimum Gasteiger partial charge on any atom is -0.493 e. The molecule has 1 unspecified atom stereocenters. The lowest BCUT2D eigenvalue weighted by Gasteiger charge is -2.33. The number of esters is 1. The van der Waals surface area contributed by atoms with Crippen LogP contribution in [-0.2, 0) is 14.3 Å². The second-order valence-corrected chi connectivity index (χ2v) is 8.71. The molecule has 2 heterocycles. The van der Waals surface area contributed by atoms with Gasteiger partial charge in [-0.05, 0) is 45.6 Å². The second kappa shape index (κ2) is 8.93. The molecule has 0 aromatic heterocycles. The number of nitrogens with zero attached hydrogens (tertiary/aromatic N) is 1. The Morgan fingerprint density at radius 3 is 2.59 bits per heavy atom. The van der Waals surface area contributed by atoms with Crippen molar-refractivity contribution in [3.63, 3.8) is 0 Å². The van der Waals surface area contributed by atoms with E-state index in [4.69, 9.17) is 18.9 Å². The zero-order valence-electron chi connectivity index (χ0n) is 17.7. The fraction of sp³-hybridized carbons (Fsp3) is 0.636. The van der Waals surface area contributed by atoms with Gasteiger partial charge < -0.3 is 23.8 Å². The number of ether oxygens (including phenoxy) is 4. The predicted octanol–water partition coefficient (Wildman–Crippen LogP) is 3.75. The lowest BCUT2D eigenvalue weighted by Crippen LogP contribution is -2.42. The molecule has 29 heavy (non-hydrogen) atoms. The van der Waals surface area contributed by atoms with Gasteiger partial charge in [0.1, 0.15) is 17.1 Å². The highest BCUT2D eigenvalue weighted by atomic mass is 16.6. The van der Waals surface area contributed by atoms with Crippen LogP contribution in [0.25, 0.3) is 0 Å². The Hall–Kier alpha value is -2.44. The van der Waals surface area contributed by atoms with Gasteiger partial charge >= 0.3 is 12.1 Å². The van der Waals surface area contributed by atoms with Gasteiger partial charge in [0.05, 0.1) is 26.7 Å². The third-order valence-electron chi connectivity index (χ3n) is 5.26. The van der Waals surface area contributed by atoms with E-state index in [1.807, 2.05) is 39.0 Å². The fourth-order valence-corrected chi connectivity index (χ4v) is 3.62. The molecule has 1 aromatic rings. The number of rotatable bonds is 5. The molecule has 1 saturated heterocycles. The van der Waals surface area contributed by atoms with Crippen molar-refractivity contribution in [1.82, 2.24) is 4.90 Å². The summed E-state index contributed by atoms with van der Waals surface area (Å²) in [7, 11) is 1.40. The molecule has 7 heteroatoms. The summed E-state index contributed by atoms with van der Waals surface area (Å²) in [4.78, 5) is 25.4. The van der Waals surface area contributed by atoms with Gasteiger partial charge in [-0.1, -0.05) is 6.07 Å². The lowest BCUT2D eigenvalue weighted by molar-refractivity contribution is -0.141. The highest BCUT2D eigenvalue weighted by molar-refractivity contribution is 5.71. The first-order valence-electron chi connectivity index (χ1n) is 10.2. The smallest absolute Gasteiger partial charge is 0.410 e. The van der Waals surface area contributed by atoms with E-state index in [1.165, 1.54) is 7.11 Å². The topological polar surface area (TPSA) is 74.3 Å². The van der Waals surface area contributed by atoms with E-state index in [2.05, 4.69) is 0 Å². The third-order valence-corrected chi connectivity index (χ3v) is 5.26. The molecule has 1 aromatic carbocycles. The molecule has 2 aliphatic heterocycles. The van der Waals surface area contributed by atoms with E-state index in [-0.39, 0.29) is 18.0 Å². The van der Waals surface area contributed by atoms with Crippen molar-refractivity contribution in [3.8, 4) is 11.5 Å². The normalized spacial score (nSPS) is 19.3. The van der Waals surface area contributed by atoms with Gasteiger partial charge in [0.15, 0.2) is 0 Å². The van der Waals surface area contributed by atoms with Crippen LogP contribution in [0.1, 0.15) is 51.5 Å². The van der Waals surface area contributed by atoms with Crippen LogP contribution >= 0.6 is 0 Å². The quantitative estimate of drug-likeness (QED) is 0.695. The summed E-state index contributed by atoms with van der Waals surface area (Å²) in [6.45, 7) is 8.09. The highest BCUT2D eigenvalue weighted by Crippen LogP contribution is 2.38. The van der Waals surface area contributed by atoms with Crippen LogP contribution in [0.5, 0.6) is 11.5 Å². The molecule has 1 amide bonds. The number of methoxy groups -OCH3 is 1. The Morgan fingerprint density at radius 2 is 1.93 bits per heavy atom. The van der Waals surface area contributed by atoms with Gasteiger partial charge in [0, 0.05) is 30.6 Å². The Labute approximate surface area is 172 Å². The Balaban J connectivity index is 1.46. The van der Waals surface area contributed by atoms with Gasteiger partial charge in [0.2, 0.25) is 0 Å². The van der Waals surface area contributed by atoms with E-state index in [9.17, 15) is 9.59 Å². The number of amides is 1. The molecule has 2 aliphatic rings. The van der Waals surface area contributed by atoms with E-state index in [0.717, 1.165) is 29.9 Å². The summed E-state index contributed by atoms with van der Waals surface area (Å²) >= 11 is 0. The van der Waals surface area contributed by atoms with Crippen molar-refractivity contribution in [1.29, 1.82) is 0 Å². The van der Waals surface area contributed by atoms with Crippen molar-refractivity contribution in [2.75, 3.05) is 33.4 Å². The van der Waals surface area contributed by atoms with Crippen LogP contribution in [0.15, 0.2) is 18.2 Å². The Kier molecular flexibility index (Phi) is 6.55. The van der Waals surface area contributed by atoms with Crippen LogP contribution in [0.3, 0.4) is 0 Å². The number of carbonyl (C=O) groups excluding carboxylic acids is 2. The van der Waals surface area contributed by atoms with Crippen molar-refractivity contribution in [2.24, 2.45) is 5.92 Å². The van der Waals surface area contributed by atoms with Crippen molar-refractivity contribution in [2.45, 2.75) is 51.6 Å². The summed E-state index contributed by atoms with van der Waals surface area (Å²) in [6, 6.07) is 5.78. The average Bonchev–Trinajstić information content (AvgIpc) is 3.07. The number of hydrogen-bond donors (Lipinski definition) is 0. The summed E-state index contributed by atoms with van der Waals surface area (Å²) < 4.78 is 21.9. The van der Waals surface area contributed by atoms with Crippen LogP contribution in [0, 0.1) is 5.92 Å². The van der Waals surface area contributed by atoms with E-state index in [0.29, 0.717) is 38.6 Å². The zero-order valence-corrected chi connectivity index (χ0v) is 17.7. The number of benzene rings is 1. The SMILES string of the molecule is COC(=O)CC1COc2cc(OCC3CCN(C(=O)OC(C)(C)C)CC3)ccc21. The lowest BCUT2D eigenvalue weighted by atomic mass is 9.97. The average molecular weight is 405 g/mol. The van der Waals surface area contributed by atoms with Crippen molar-refractivity contribution < 1.29 is 28.5 Å². The molecule has 0 bridgehead atoms. The van der Waals surface area contributed by atoms with E-state index < -0.39 is 5.60 Å². The molecule has 7 nitrogen and oxygen atoms in total. The molecule has 3 rings (SSSR count). The molecule has 1 fully saturated rings. The van der Waals surface area contributed by atoms with Gasteiger partial charge in [0.25, 0.3) is 0 Å². The van der Waals surface area contributed by atoms with Crippen molar-refractivity contribution in [3.05, 3.63) is 23.8 Å². The fourth-order valence-electron chi connectivity index (χ4n) is 3.62. The van der Waals surface area contributed by atoms with E-state index >= 15 is 0 Å². The van der Waals surface area contributed by atoms with Crippen LogP contribution in [0.4, 0.5) is 4.79 Å². The predicted molar refractivity (Wildman–Crippen MR) is 107 cm³/mol. The first-order valence-corrected chi connectivity index (χ1v) is 10.2. The molecule has 0 radical (unpaired) electrons. The Bertz CT molecular complexity index is 733. The number of hydrogen-bond acceptors (Lipinski definition) is 6. The summed E-state index contributed by atoms with van der Waals surface area (Å²) in [5.74, 6) is 1.73. The maximum absolute atomic E-state index is 12.2. The molecule has 0 aliphatic carbocycles. The third kappa shape index (κ3) is 5.78. The van der Waals surface area contributed by atoms with Crippen LogP contribution in [0.2, 0.25) is 0 Å². The molecule has 0 spiro atoms. The largest absolute Gasteiger partial charge is 0.493 e. The highest BCUT2D eigenvalue weighted by Gasteiger charge is 2.29. The second-order valence-electron chi connectivity index (χ2n) is 8.71. The molecular weight excluding hydrogens is 374 g/mol. The van der Waals surface area contributed by atoms with Crippen LogP contribution in [-0.4, -0.2) is 56.0 Å². The monoisotopic (exact) mass is 405 g/mol. The zero-order chi connectivity index (χ0) is 21.0. The first kappa shape index (κ1) is 21.3. The minimum absolute atomic E-state index is 0.0312. The number of likely N-dealkylation sites (tertiary alicyclic amines) is 1. The minimum atomic E-state index is -0.470. The summed E-state index contributed by atoms with van der Waals surface area (Å²) in [6.07, 6.45) is 1.86. The molecule has 0 N–H and O–H groups in total. The Morgan fingerprint density at radius 1 is 1.21 bits per heavy atom. The summed E-state index contributed by atoms with van der Waals surface area (Å²) in [5.41, 5.74) is 0.552. The van der Waals surface area contributed by atoms with Gasteiger partial charge in [-0.15, -0.1) is 0 Å². The first-order chi connectivity index (χ1) is 13.7. The molecule has 1 atom stereocenters. The molecule has 160 valence electrons. The molecule has 0 saturated carbocycles. The van der Waals surface area contributed by atoms with Gasteiger partial charge in [-0.3, -0.25) is 4.79 Å². The summed E-state index contributed by atoms with van der Waals surface area (Å²) in [5, 5.41) is 0. The molecular formula is C22H31NO6. The maximum Gasteiger partial charge on any atom is 0.410 e. The van der Waals surface area contributed by atoms with Gasteiger partial charge in [-0.2, -0.15) is 0 Å². The van der Waals surface area contributed by atoms with E-state index in [1.54, 1.807) is 4.90 Å². The number of carbonyl (C=O) groups is 2. The van der Waals surface area contributed by atoms with Gasteiger partial charge in [-0.25, -0.2) is 4.79 Å². The van der Waals surface area contributed by atoms with Crippen molar-refractivity contribution >= 4 is 12.1 Å². The number of piperidine rings is 1. The number of fused-ring (bicyclic) bond motifs is 1. The maximum atomic E-state index is 12.2.